The predicted octanol–water partition coefficient (Wildman–Crippen LogP) is 5.80. The van der Waals surface area contributed by atoms with E-state index < -0.39 is 0 Å². The zero-order chi connectivity index (χ0) is 15.5. The topological polar surface area (TPSA) is 0 Å². The van der Waals surface area contributed by atoms with Crippen molar-refractivity contribution >= 4 is 5.57 Å². The van der Waals surface area contributed by atoms with Crippen LogP contribution in [0.15, 0.2) is 55.1 Å². The zero-order valence-corrected chi connectivity index (χ0v) is 13.7. The SMILES string of the molecule is C=C(C)c1ccc(CCc2ccc(C(C)(C)C)cc2)cc1. The molecule has 0 N–H and O–H groups in total. The van der Waals surface area contributed by atoms with Gasteiger partial charge in [-0.05, 0) is 47.4 Å². The number of rotatable bonds is 4. The maximum atomic E-state index is 3.98. The van der Waals surface area contributed by atoms with Crippen molar-refractivity contribution < 1.29 is 0 Å². The van der Waals surface area contributed by atoms with Crippen molar-refractivity contribution in [1.82, 2.24) is 0 Å². The summed E-state index contributed by atoms with van der Waals surface area (Å²) < 4.78 is 0. The quantitative estimate of drug-likeness (QED) is 0.662. The molecule has 2 aromatic rings. The molecular weight excluding hydrogens is 252 g/mol. The Morgan fingerprint density at radius 2 is 1.24 bits per heavy atom. The molecule has 0 nitrogen and oxygen atoms in total. The van der Waals surface area contributed by atoms with Crippen molar-refractivity contribution in [2.24, 2.45) is 0 Å². The Bertz CT molecular complexity index is 592. The van der Waals surface area contributed by atoms with Crippen LogP contribution in [0.1, 0.15) is 49.9 Å². The standard InChI is InChI=1S/C21H26/c1-16(2)19-12-8-17(9-13-19)6-7-18-10-14-20(15-11-18)21(3,4)5/h8-15H,1,6-7H2,2-5H3. The molecule has 2 aromatic carbocycles. The number of benzene rings is 2. The lowest BCUT2D eigenvalue weighted by Crippen LogP contribution is -2.10. The fourth-order valence-electron chi connectivity index (χ4n) is 2.42. The van der Waals surface area contributed by atoms with Crippen LogP contribution < -0.4 is 0 Å². The van der Waals surface area contributed by atoms with Crippen LogP contribution in [0.4, 0.5) is 0 Å². The molecule has 0 radical (unpaired) electrons. The van der Waals surface area contributed by atoms with E-state index in [0.29, 0.717) is 0 Å². The third-order valence-electron chi connectivity index (χ3n) is 3.97. The first-order chi connectivity index (χ1) is 9.86. The Labute approximate surface area is 129 Å². The van der Waals surface area contributed by atoms with E-state index in [0.717, 1.165) is 18.4 Å². The normalized spacial score (nSPS) is 11.4. The molecule has 0 aromatic heterocycles. The van der Waals surface area contributed by atoms with Gasteiger partial charge in [-0.15, -0.1) is 0 Å². The van der Waals surface area contributed by atoms with Gasteiger partial charge >= 0.3 is 0 Å². The maximum Gasteiger partial charge on any atom is -0.0132 e. The Morgan fingerprint density at radius 1 is 0.810 bits per heavy atom. The largest absolute Gasteiger partial charge is 0.0955 e. The van der Waals surface area contributed by atoms with E-state index >= 15 is 0 Å². The summed E-state index contributed by atoms with van der Waals surface area (Å²) in [5.41, 5.74) is 6.79. The van der Waals surface area contributed by atoms with Crippen molar-refractivity contribution in [2.45, 2.75) is 46.0 Å². The molecule has 110 valence electrons. The van der Waals surface area contributed by atoms with E-state index in [4.69, 9.17) is 0 Å². The highest BCUT2D eigenvalue weighted by atomic mass is 14.2. The van der Waals surface area contributed by atoms with Crippen LogP contribution in [0.5, 0.6) is 0 Å². The highest BCUT2D eigenvalue weighted by Crippen LogP contribution is 2.22. The average Bonchev–Trinajstić information content (AvgIpc) is 2.45. The molecule has 2 rings (SSSR count). The monoisotopic (exact) mass is 278 g/mol. The minimum Gasteiger partial charge on any atom is -0.0955 e. The molecule has 0 fully saturated rings. The minimum atomic E-state index is 0.233. The first-order valence-corrected chi connectivity index (χ1v) is 7.70. The summed E-state index contributed by atoms with van der Waals surface area (Å²) in [6.07, 6.45) is 2.18. The predicted molar refractivity (Wildman–Crippen MR) is 93.7 cm³/mol. The van der Waals surface area contributed by atoms with Gasteiger partial charge in [-0.3, -0.25) is 0 Å². The molecule has 0 spiro atoms. The molecule has 0 aliphatic carbocycles. The molecule has 0 saturated carbocycles. The van der Waals surface area contributed by atoms with E-state index in [1.165, 1.54) is 22.3 Å². The van der Waals surface area contributed by atoms with Crippen molar-refractivity contribution in [3.8, 4) is 0 Å². The first-order valence-electron chi connectivity index (χ1n) is 7.70. The fraction of sp³-hybridized carbons (Fsp3) is 0.333. The van der Waals surface area contributed by atoms with Gasteiger partial charge in [0.25, 0.3) is 0 Å². The van der Waals surface area contributed by atoms with Gasteiger partial charge in [-0.25, -0.2) is 0 Å². The fourth-order valence-corrected chi connectivity index (χ4v) is 2.42. The van der Waals surface area contributed by atoms with Crippen molar-refractivity contribution in [3.63, 3.8) is 0 Å². The summed E-state index contributed by atoms with van der Waals surface area (Å²) in [5.74, 6) is 0. The smallest absolute Gasteiger partial charge is 0.0132 e. The molecule has 0 bridgehead atoms. The van der Waals surface area contributed by atoms with Crippen LogP contribution >= 0.6 is 0 Å². The first kappa shape index (κ1) is 15.6. The van der Waals surface area contributed by atoms with Gasteiger partial charge in [0.05, 0.1) is 0 Å². The van der Waals surface area contributed by atoms with Crippen LogP contribution in [0.2, 0.25) is 0 Å². The van der Waals surface area contributed by atoms with Gasteiger partial charge in [-0.2, -0.15) is 0 Å². The van der Waals surface area contributed by atoms with Crippen molar-refractivity contribution in [1.29, 1.82) is 0 Å². The van der Waals surface area contributed by atoms with Gasteiger partial charge in [0, 0.05) is 0 Å². The second-order valence-electron chi connectivity index (χ2n) is 6.92. The number of hydrogen-bond acceptors (Lipinski definition) is 0. The summed E-state index contributed by atoms with van der Waals surface area (Å²) in [5, 5.41) is 0. The van der Waals surface area contributed by atoms with E-state index in [1.54, 1.807) is 0 Å². The summed E-state index contributed by atoms with van der Waals surface area (Å²) in [4.78, 5) is 0. The van der Waals surface area contributed by atoms with Gasteiger partial charge in [0.1, 0.15) is 0 Å². The summed E-state index contributed by atoms with van der Waals surface area (Å²) in [6.45, 7) is 12.8. The zero-order valence-electron chi connectivity index (χ0n) is 13.7. The van der Waals surface area contributed by atoms with Crippen LogP contribution in [0, 0.1) is 0 Å². The van der Waals surface area contributed by atoms with Crippen LogP contribution in [-0.4, -0.2) is 0 Å². The molecule has 0 aliphatic rings. The lowest BCUT2D eigenvalue weighted by Gasteiger charge is -2.19. The van der Waals surface area contributed by atoms with E-state index in [2.05, 4.69) is 75.9 Å². The Hall–Kier alpha value is -1.82. The van der Waals surface area contributed by atoms with Crippen molar-refractivity contribution in [3.05, 3.63) is 77.4 Å². The molecule has 0 amide bonds. The number of hydrogen-bond donors (Lipinski definition) is 0. The van der Waals surface area contributed by atoms with Gasteiger partial charge < -0.3 is 0 Å². The Balaban J connectivity index is 1.98. The highest BCUT2D eigenvalue weighted by molar-refractivity contribution is 5.61. The van der Waals surface area contributed by atoms with E-state index in [1.807, 2.05) is 6.92 Å². The van der Waals surface area contributed by atoms with Crippen LogP contribution in [-0.2, 0) is 18.3 Å². The molecule has 0 aliphatic heterocycles. The molecule has 21 heavy (non-hydrogen) atoms. The van der Waals surface area contributed by atoms with E-state index in [-0.39, 0.29) is 5.41 Å². The molecule has 0 heteroatoms. The maximum absolute atomic E-state index is 3.98. The average molecular weight is 278 g/mol. The molecular formula is C21H26. The molecule has 0 atom stereocenters. The molecule has 0 saturated heterocycles. The van der Waals surface area contributed by atoms with Crippen LogP contribution in [0.25, 0.3) is 5.57 Å². The molecule has 0 unspecified atom stereocenters. The number of allylic oxidation sites excluding steroid dienone is 1. The summed E-state index contributed by atoms with van der Waals surface area (Å²) in [6, 6.07) is 17.8. The number of aryl methyl sites for hydroxylation is 2. The van der Waals surface area contributed by atoms with Crippen LogP contribution in [0.3, 0.4) is 0 Å². The Kier molecular flexibility index (Phi) is 4.67. The van der Waals surface area contributed by atoms with Gasteiger partial charge in [0.2, 0.25) is 0 Å². The van der Waals surface area contributed by atoms with Gasteiger partial charge in [0.15, 0.2) is 0 Å². The second-order valence-corrected chi connectivity index (χ2v) is 6.92. The third kappa shape index (κ3) is 4.32. The van der Waals surface area contributed by atoms with E-state index in [9.17, 15) is 0 Å². The van der Waals surface area contributed by atoms with Gasteiger partial charge in [-0.1, -0.05) is 81.5 Å². The summed E-state index contributed by atoms with van der Waals surface area (Å²) >= 11 is 0. The summed E-state index contributed by atoms with van der Waals surface area (Å²) in [7, 11) is 0. The lowest BCUT2D eigenvalue weighted by molar-refractivity contribution is 0.590. The highest BCUT2D eigenvalue weighted by Gasteiger charge is 2.12. The molecule has 0 heterocycles. The lowest BCUT2D eigenvalue weighted by atomic mass is 9.86. The second kappa shape index (κ2) is 6.30. The minimum absolute atomic E-state index is 0.233. The third-order valence-corrected chi connectivity index (χ3v) is 3.97. The Morgan fingerprint density at radius 3 is 1.62 bits per heavy atom. The van der Waals surface area contributed by atoms with Crippen molar-refractivity contribution in [2.75, 3.05) is 0 Å².